The quantitative estimate of drug-likeness (QED) is 0.558. The van der Waals surface area contributed by atoms with Crippen LogP contribution in [0.1, 0.15) is 18.1 Å². The molecular formula is C16H14N2O3. The number of carbonyl (C=O) groups excluding carboxylic acids is 1. The standard InChI is InChI=1S/C16H14N2O3/c1-2-21-16(19)17-10-7-8-12-11-5-3-4-6-13(11)15(18-20)14(12)9-10/h3-9,20H,2H2,1H3,(H,17,19)/b18-15+. The zero-order valence-electron chi connectivity index (χ0n) is 11.5. The van der Waals surface area contributed by atoms with Crippen molar-refractivity contribution in [2.75, 3.05) is 11.9 Å². The highest BCUT2D eigenvalue weighted by atomic mass is 16.5. The molecule has 2 aromatic rings. The van der Waals surface area contributed by atoms with Gasteiger partial charge in [-0.2, -0.15) is 0 Å². The molecule has 0 bridgehead atoms. The van der Waals surface area contributed by atoms with Gasteiger partial charge in [-0.1, -0.05) is 35.5 Å². The van der Waals surface area contributed by atoms with E-state index in [2.05, 4.69) is 10.5 Å². The second-order valence-corrected chi connectivity index (χ2v) is 4.60. The lowest BCUT2D eigenvalue weighted by Gasteiger charge is -2.07. The molecule has 5 nitrogen and oxygen atoms in total. The molecule has 5 heteroatoms. The summed E-state index contributed by atoms with van der Waals surface area (Å²) in [6.45, 7) is 2.06. The number of fused-ring (bicyclic) bond motifs is 3. The van der Waals surface area contributed by atoms with Crippen molar-refractivity contribution in [1.82, 2.24) is 0 Å². The Morgan fingerprint density at radius 2 is 1.86 bits per heavy atom. The van der Waals surface area contributed by atoms with E-state index in [4.69, 9.17) is 4.74 Å². The van der Waals surface area contributed by atoms with Gasteiger partial charge in [0.05, 0.1) is 6.61 Å². The van der Waals surface area contributed by atoms with Crippen LogP contribution in [-0.4, -0.2) is 23.6 Å². The van der Waals surface area contributed by atoms with Crippen LogP contribution in [0.4, 0.5) is 10.5 Å². The third-order valence-corrected chi connectivity index (χ3v) is 3.37. The molecule has 106 valence electrons. The van der Waals surface area contributed by atoms with Crippen LogP contribution in [0.2, 0.25) is 0 Å². The van der Waals surface area contributed by atoms with Crippen molar-refractivity contribution in [3.05, 3.63) is 53.6 Å². The fraction of sp³-hybridized carbons (Fsp3) is 0.125. The topological polar surface area (TPSA) is 70.9 Å². The van der Waals surface area contributed by atoms with Crippen LogP contribution in [0.15, 0.2) is 47.6 Å². The minimum atomic E-state index is -0.504. The number of hydrogen-bond donors (Lipinski definition) is 2. The van der Waals surface area contributed by atoms with E-state index in [0.29, 0.717) is 18.0 Å². The van der Waals surface area contributed by atoms with Crippen LogP contribution >= 0.6 is 0 Å². The molecule has 21 heavy (non-hydrogen) atoms. The number of ether oxygens (including phenoxy) is 1. The molecule has 0 radical (unpaired) electrons. The molecule has 1 amide bonds. The molecular weight excluding hydrogens is 268 g/mol. The Kier molecular flexibility index (Phi) is 3.31. The smallest absolute Gasteiger partial charge is 0.411 e. The van der Waals surface area contributed by atoms with Gasteiger partial charge in [0, 0.05) is 16.8 Å². The maximum atomic E-state index is 11.5. The van der Waals surface area contributed by atoms with E-state index < -0.39 is 6.09 Å². The predicted molar refractivity (Wildman–Crippen MR) is 79.9 cm³/mol. The average molecular weight is 282 g/mol. The first kappa shape index (κ1) is 13.2. The zero-order chi connectivity index (χ0) is 14.8. The van der Waals surface area contributed by atoms with E-state index in [9.17, 15) is 10.0 Å². The fourth-order valence-corrected chi connectivity index (χ4v) is 2.52. The number of nitrogens with one attached hydrogen (secondary N) is 1. The van der Waals surface area contributed by atoms with Crippen molar-refractivity contribution >= 4 is 17.5 Å². The van der Waals surface area contributed by atoms with Gasteiger partial charge in [-0.15, -0.1) is 0 Å². The summed E-state index contributed by atoms with van der Waals surface area (Å²) in [4.78, 5) is 11.5. The summed E-state index contributed by atoms with van der Waals surface area (Å²) in [5, 5.41) is 15.3. The van der Waals surface area contributed by atoms with E-state index >= 15 is 0 Å². The average Bonchev–Trinajstić information content (AvgIpc) is 2.80. The summed E-state index contributed by atoms with van der Waals surface area (Å²) in [5.74, 6) is 0. The van der Waals surface area contributed by atoms with E-state index in [1.807, 2.05) is 30.3 Å². The van der Waals surface area contributed by atoms with Crippen molar-refractivity contribution in [3.8, 4) is 11.1 Å². The number of oxime groups is 1. The maximum Gasteiger partial charge on any atom is 0.411 e. The second-order valence-electron chi connectivity index (χ2n) is 4.60. The molecule has 2 N–H and O–H groups in total. The Hall–Kier alpha value is -2.82. The van der Waals surface area contributed by atoms with Crippen LogP contribution in [0.5, 0.6) is 0 Å². The summed E-state index contributed by atoms with van der Waals surface area (Å²) in [6.07, 6.45) is -0.504. The highest BCUT2D eigenvalue weighted by Gasteiger charge is 2.25. The van der Waals surface area contributed by atoms with Crippen LogP contribution in [0.25, 0.3) is 11.1 Å². The molecule has 0 aromatic heterocycles. The molecule has 0 saturated heterocycles. The highest BCUT2D eigenvalue weighted by molar-refractivity contribution is 6.24. The molecule has 0 aliphatic heterocycles. The summed E-state index contributed by atoms with van der Waals surface area (Å²) < 4.78 is 4.85. The molecule has 0 atom stereocenters. The number of amides is 1. The number of nitrogens with zero attached hydrogens (tertiary/aromatic N) is 1. The molecule has 0 saturated carbocycles. The van der Waals surface area contributed by atoms with Crippen molar-refractivity contribution in [2.24, 2.45) is 5.16 Å². The number of carbonyl (C=O) groups is 1. The van der Waals surface area contributed by atoms with E-state index in [1.54, 1.807) is 19.1 Å². The number of benzene rings is 2. The number of anilines is 1. The molecule has 1 aliphatic carbocycles. The zero-order valence-corrected chi connectivity index (χ0v) is 11.5. The number of rotatable bonds is 2. The van der Waals surface area contributed by atoms with E-state index in [0.717, 1.165) is 22.3 Å². The highest BCUT2D eigenvalue weighted by Crippen LogP contribution is 2.38. The van der Waals surface area contributed by atoms with E-state index in [-0.39, 0.29) is 0 Å². The van der Waals surface area contributed by atoms with Gasteiger partial charge in [0.25, 0.3) is 0 Å². The second kappa shape index (κ2) is 5.28. The Labute approximate surface area is 121 Å². The van der Waals surface area contributed by atoms with Gasteiger partial charge in [0.1, 0.15) is 5.71 Å². The Bertz CT molecular complexity index is 738. The van der Waals surface area contributed by atoms with Gasteiger partial charge in [-0.3, -0.25) is 5.32 Å². The summed E-state index contributed by atoms with van der Waals surface area (Å²) >= 11 is 0. The Balaban J connectivity index is 2.01. The van der Waals surface area contributed by atoms with Crippen molar-refractivity contribution in [1.29, 1.82) is 0 Å². The normalized spacial score (nSPS) is 13.7. The summed E-state index contributed by atoms with van der Waals surface area (Å²) in [7, 11) is 0. The van der Waals surface area contributed by atoms with Crippen LogP contribution in [0.3, 0.4) is 0 Å². The van der Waals surface area contributed by atoms with Gasteiger partial charge in [0.15, 0.2) is 0 Å². The first-order valence-corrected chi connectivity index (χ1v) is 6.64. The van der Waals surface area contributed by atoms with Crippen LogP contribution < -0.4 is 5.32 Å². The third kappa shape index (κ3) is 2.23. The molecule has 2 aromatic carbocycles. The van der Waals surface area contributed by atoms with Gasteiger partial charge in [-0.25, -0.2) is 4.79 Å². The van der Waals surface area contributed by atoms with Gasteiger partial charge < -0.3 is 9.94 Å². The lowest BCUT2D eigenvalue weighted by Crippen LogP contribution is -2.13. The lowest BCUT2D eigenvalue weighted by atomic mass is 10.1. The first-order chi connectivity index (χ1) is 10.2. The monoisotopic (exact) mass is 282 g/mol. The van der Waals surface area contributed by atoms with Gasteiger partial charge in [-0.05, 0) is 30.2 Å². The summed E-state index contributed by atoms with van der Waals surface area (Å²) in [5.41, 5.74) is 4.77. The fourth-order valence-electron chi connectivity index (χ4n) is 2.52. The van der Waals surface area contributed by atoms with Crippen molar-refractivity contribution in [3.63, 3.8) is 0 Å². The summed E-state index contributed by atoms with van der Waals surface area (Å²) in [6, 6.07) is 13.2. The minimum absolute atomic E-state index is 0.311. The van der Waals surface area contributed by atoms with Crippen LogP contribution in [-0.2, 0) is 4.74 Å². The van der Waals surface area contributed by atoms with E-state index in [1.165, 1.54) is 0 Å². The van der Waals surface area contributed by atoms with Crippen molar-refractivity contribution < 1.29 is 14.7 Å². The minimum Gasteiger partial charge on any atom is -0.450 e. The van der Waals surface area contributed by atoms with Crippen LogP contribution in [0, 0.1) is 0 Å². The maximum absolute atomic E-state index is 11.5. The molecule has 0 heterocycles. The first-order valence-electron chi connectivity index (χ1n) is 6.64. The van der Waals surface area contributed by atoms with Gasteiger partial charge >= 0.3 is 6.09 Å². The molecule has 3 rings (SSSR count). The Morgan fingerprint density at radius 3 is 2.57 bits per heavy atom. The molecule has 0 fully saturated rings. The predicted octanol–water partition coefficient (Wildman–Crippen LogP) is 3.46. The largest absolute Gasteiger partial charge is 0.450 e. The van der Waals surface area contributed by atoms with Gasteiger partial charge in [0.2, 0.25) is 0 Å². The van der Waals surface area contributed by atoms with Crippen molar-refractivity contribution in [2.45, 2.75) is 6.92 Å². The lowest BCUT2D eigenvalue weighted by molar-refractivity contribution is 0.168. The molecule has 1 aliphatic rings. The third-order valence-electron chi connectivity index (χ3n) is 3.37. The SMILES string of the molecule is CCOC(=O)Nc1ccc2c(c1)/C(=N/O)c1ccccc1-2. The molecule has 0 spiro atoms. The molecule has 0 unspecified atom stereocenters. The number of hydrogen-bond acceptors (Lipinski definition) is 4. The Morgan fingerprint density at radius 1 is 1.14 bits per heavy atom.